The highest BCUT2D eigenvalue weighted by atomic mass is 32.2. The zero-order chi connectivity index (χ0) is 22.7. The monoisotopic (exact) mass is 459 g/mol. The molecule has 168 valence electrons. The van der Waals surface area contributed by atoms with Crippen molar-refractivity contribution in [3.63, 3.8) is 0 Å². The molecule has 4 N–H and O–H groups in total. The standard InChI is InChI=1S/C19H20F3N3O5S/c20-19(21,22)30-15-5-1-13(2-6-15)24-14-3-7-16(8-4-14)31(28,29)18(17(26)25-27)9-11-23-12-10-18/h1-8,23-24,27H,9-12H2,(H,25,26). The van der Waals surface area contributed by atoms with Gasteiger partial charge in [-0.2, -0.15) is 0 Å². The van der Waals surface area contributed by atoms with Gasteiger partial charge < -0.3 is 15.4 Å². The van der Waals surface area contributed by atoms with Crippen molar-refractivity contribution in [3.8, 4) is 5.75 Å². The van der Waals surface area contributed by atoms with Gasteiger partial charge in [0, 0.05) is 11.4 Å². The van der Waals surface area contributed by atoms with Gasteiger partial charge >= 0.3 is 6.36 Å². The summed E-state index contributed by atoms with van der Waals surface area (Å²) in [7, 11) is -4.11. The second kappa shape index (κ2) is 8.73. The van der Waals surface area contributed by atoms with Crippen molar-refractivity contribution in [1.82, 2.24) is 10.8 Å². The third kappa shape index (κ3) is 4.92. The largest absolute Gasteiger partial charge is 0.573 e. The fourth-order valence-corrected chi connectivity index (χ4v) is 5.38. The summed E-state index contributed by atoms with van der Waals surface area (Å²) < 4.78 is 65.1. The number of benzene rings is 2. The zero-order valence-electron chi connectivity index (χ0n) is 16.1. The first-order valence-electron chi connectivity index (χ1n) is 9.20. The van der Waals surface area contributed by atoms with E-state index in [0.717, 1.165) is 12.1 Å². The summed E-state index contributed by atoms with van der Waals surface area (Å²) in [4.78, 5) is 12.2. The minimum atomic E-state index is -4.78. The fraction of sp³-hybridized carbons (Fsp3) is 0.316. The Kier molecular flexibility index (Phi) is 6.43. The van der Waals surface area contributed by atoms with Crippen molar-refractivity contribution in [1.29, 1.82) is 0 Å². The van der Waals surface area contributed by atoms with Gasteiger partial charge in [-0.15, -0.1) is 13.2 Å². The number of ether oxygens (including phenoxy) is 1. The maximum absolute atomic E-state index is 13.2. The molecule has 1 heterocycles. The molecule has 1 fully saturated rings. The van der Waals surface area contributed by atoms with E-state index in [1.807, 2.05) is 0 Å². The lowest BCUT2D eigenvalue weighted by Gasteiger charge is -2.34. The first-order chi connectivity index (χ1) is 14.6. The van der Waals surface area contributed by atoms with Gasteiger partial charge in [0.2, 0.25) is 0 Å². The van der Waals surface area contributed by atoms with Crippen LogP contribution in [0.3, 0.4) is 0 Å². The topological polar surface area (TPSA) is 117 Å². The van der Waals surface area contributed by atoms with E-state index in [0.29, 0.717) is 24.5 Å². The van der Waals surface area contributed by atoms with Crippen LogP contribution in [0.15, 0.2) is 53.4 Å². The minimum Gasteiger partial charge on any atom is -0.406 e. The lowest BCUT2D eigenvalue weighted by molar-refractivity contribution is -0.274. The van der Waals surface area contributed by atoms with Crippen LogP contribution in [0.25, 0.3) is 0 Å². The summed E-state index contributed by atoms with van der Waals surface area (Å²) in [6.45, 7) is 0.612. The molecule has 0 radical (unpaired) electrons. The van der Waals surface area contributed by atoms with Crippen molar-refractivity contribution in [2.24, 2.45) is 0 Å². The highest BCUT2D eigenvalue weighted by Gasteiger charge is 2.51. The van der Waals surface area contributed by atoms with Gasteiger partial charge in [0.25, 0.3) is 5.91 Å². The van der Waals surface area contributed by atoms with E-state index in [-0.39, 0.29) is 23.5 Å². The number of anilines is 2. The molecule has 0 spiro atoms. The zero-order valence-corrected chi connectivity index (χ0v) is 16.9. The fourth-order valence-electron chi connectivity index (χ4n) is 3.40. The molecule has 0 unspecified atom stereocenters. The third-order valence-electron chi connectivity index (χ3n) is 4.98. The van der Waals surface area contributed by atoms with E-state index in [2.05, 4.69) is 15.4 Å². The number of piperidine rings is 1. The van der Waals surface area contributed by atoms with Gasteiger partial charge in [-0.25, -0.2) is 13.9 Å². The second-order valence-corrected chi connectivity index (χ2v) is 9.17. The molecule has 0 bridgehead atoms. The molecule has 0 aromatic heterocycles. The average Bonchev–Trinajstić information content (AvgIpc) is 2.74. The lowest BCUT2D eigenvalue weighted by atomic mass is 9.96. The van der Waals surface area contributed by atoms with Crippen LogP contribution >= 0.6 is 0 Å². The third-order valence-corrected chi connectivity index (χ3v) is 7.50. The Labute approximate surface area is 176 Å². The van der Waals surface area contributed by atoms with Gasteiger partial charge in [-0.3, -0.25) is 10.0 Å². The number of hydrogen-bond acceptors (Lipinski definition) is 7. The summed E-state index contributed by atoms with van der Waals surface area (Å²) in [6.07, 6.45) is -4.77. The van der Waals surface area contributed by atoms with Crippen molar-refractivity contribution >= 4 is 27.1 Å². The van der Waals surface area contributed by atoms with E-state index >= 15 is 0 Å². The van der Waals surface area contributed by atoms with Crippen LogP contribution in [0, 0.1) is 0 Å². The second-order valence-electron chi connectivity index (χ2n) is 6.91. The van der Waals surface area contributed by atoms with Crippen molar-refractivity contribution in [2.45, 2.75) is 28.8 Å². The summed E-state index contributed by atoms with van der Waals surface area (Å²) >= 11 is 0. The smallest absolute Gasteiger partial charge is 0.406 e. The van der Waals surface area contributed by atoms with E-state index in [1.165, 1.54) is 41.9 Å². The molecule has 2 aromatic rings. The summed E-state index contributed by atoms with van der Waals surface area (Å²) in [5.41, 5.74) is 2.41. The summed E-state index contributed by atoms with van der Waals surface area (Å²) in [5.74, 6) is -1.34. The van der Waals surface area contributed by atoms with Crippen LogP contribution in [-0.2, 0) is 14.6 Å². The Bertz CT molecular complexity index is 1020. The number of amides is 1. The number of sulfone groups is 1. The normalized spacial score (nSPS) is 16.4. The average molecular weight is 459 g/mol. The van der Waals surface area contributed by atoms with Crippen molar-refractivity contribution in [2.75, 3.05) is 18.4 Å². The molecule has 12 heteroatoms. The number of nitrogens with one attached hydrogen (secondary N) is 3. The van der Waals surface area contributed by atoms with Crippen molar-refractivity contribution < 1.29 is 36.3 Å². The predicted molar refractivity (Wildman–Crippen MR) is 105 cm³/mol. The molecular weight excluding hydrogens is 439 g/mol. The van der Waals surface area contributed by atoms with Crippen LogP contribution in [0.1, 0.15) is 12.8 Å². The molecular formula is C19H20F3N3O5S. The van der Waals surface area contributed by atoms with Crippen LogP contribution in [0.2, 0.25) is 0 Å². The lowest BCUT2D eigenvalue weighted by Crippen LogP contribution is -2.57. The van der Waals surface area contributed by atoms with Gasteiger partial charge in [0.05, 0.1) is 4.90 Å². The molecule has 0 atom stereocenters. The Balaban J connectivity index is 1.78. The molecule has 2 aromatic carbocycles. The molecule has 1 aliphatic heterocycles. The van der Waals surface area contributed by atoms with Gasteiger partial charge in [0.1, 0.15) is 5.75 Å². The number of alkyl halides is 3. The highest BCUT2D eigenvalue weighted by molar-refractivity contribution is 7.93. The Hall–Kier alpha value is -2.83. The number of carbonyl (C=O) groups excluding carboxylic acids is 1. The molecule has 8 nitrogen and oxygen atoms in total. The van der Waals surface area contributed by atoms with Crippen LogP contribution in [0.5, 0.6) is 5.75 Å². The van der Waals surface area contributed by atoms with Gasteiger partial charge in [0.15, 0.2) is 14.6 Å². The van der Waals surface area contributed by atoms with Gasteiger partial charge in [-0.1, -0.05) is 0 Å². The number of rotatable bonds is 6. The predicted octanol–water partition coefficient (Wildman–Crippen LogP) is 2.73. The molecule has 1 aliphatic rings. The Morgan fingerprint density at radius 3 is 2.00 bits per heavy atom. The number of hydrogen-bond donors (Lipinski definition) is 4. The number of halogens is 3. The maximum Gasteiger partial charge on any atom is 0.573 e. The van der Waals surface area contributed by atoms with Crippen molar-refractivity contribution in [3.05, 3.63) is 48.5 Å². The molecule has 0 aliphatic carbocycles. The first kappa shape index (κ1) is 22.8. The molecule has 1 saturated heterocycles. The Morgan fingerprint density at radius 2 is 1.52 bits per heavy atom. The molecule has 3 rings (SSSR count). The maximum atomic E-state index is 13.2. The molecule has 0 saturated carbocycles. The van der Waals surface area contributed by atoms with Crippen LogP contribution < -0.4 is 20.9 Å². The van der Waals surface area contributed by atoms with E-state index in [9.17, 15) is 26.4 Å². The van der Waals surface area contributed by atoms with Gasteiger partial charge in [-0.05, 0) is 74.5 Å². The molecule has 31 heavy (non-hydrogen) atoms. The van der Waals surface area contributed by atoms with Crippen LogP contribution in [0.4, 0.5) is 24.5 Å². The minimum absolute atomic E-state index is 0.00801. The summed E-state index contributed by atoms with van der Waals surface area (Å²) in [5, 5.41) is 15.0. The Morgan fingerprint density at radius 1 is 1.00 bits per heavy atom. The summed E-state index contributed by atoms with van der Waals surface area (Å²) in [6, 6.07) is 10.6. The van der Waals surface area contributed by atoms with E-state index in [4.69, 9.17) is 5.21 Å². The van der Waals surface area contributed by atoms with Crippen LogP contribution in [-0.4, -0.2) is 43.7 Å². The number of hydroxylamine groups is 1. The van der Waals surface area contributed by atoms with E-state index < -0.39 is 26.9 Å². The quantitative estimate of drug-likeness (QED) is 0.388. The number of carbonyl (C=O) groups is 1. The SMILES string of the molecule is O=C(NO)C1(S(=O)(=O)c2ccc(Nc3ccc(OC(F)(F)F)cc3)cc2)CCNCC1. The molecule has 1 amide bonds. The first-order valence-corrected chi connectivity index (χ1v) is 10.7. The van der Waals surface area contributed by atoms with E-state index in [1.54, 1.807) is 0 Å². The highest BCUT2D eigenvalue weighted by Crippen LogP contribution is 2.35.